The fourth-order valence-electron chi connectivity index (χ4n) is 0.184. The van der Waals surface area contributed by atoms with Crippen molar-refractivity contribution in [1.82, 2.24) is 4.90 Å². The standard InChI is InChI=1S/C3H8N2O3.BH3O3/c4-3(8)5(1-6)2-7;2-1(3)4/h6-7H,1-2H2,(H2,4,8);2-4H. The lowest BCUT2D eigenvalue weighted by Crippen LogP contribution is -2.36. The van der Waals surface area contributed by atoms with Gasteiger partial charge in [0.05, 0.1) is 0 Å². The molecule has 2 amide bonds. The highest BCUT2D eigenvalue weighted by atomic mass is 16.5. The Bertz CT molecular complexity index is 115. The summed E-state index contributed by atoms with van der Waals surface area (Å²) in [7, 11) is -2.17. The molecular weight excluding hydrogens is 171 g/mol. The van der Waals surface area contributed by atoms with Crippen LogP contribution in [0.15, 0.2) is 0 Å². The first-order valence-electron chi connectivity index (χ1n) is 2.76. The summed E-state index contributed by atoms with van der Waals surface area (Å²) in [5.41, 5.74) is 4.62. The Hall–Kier alpha value is -0.865. The predicted molar refractivity (Wildman–Crippen MR) is 38.0 cm³/mol. The van der Waals surface area contributed by atoms with Crippen LogP contribution in [-0.2, 0) is 0 Å². The van der Waals surface area contributed by atoms with Crippen molar-refractivity contribution in [1.29, 1.82) is 0 Å². The van der Waals surface area contributed by atoms with E-state index in [0.29, 0.717) is 4.90 Å². The van der Waals surface area contributed by atoms with E-state index >= 15 is 0 Å². The van der Waals surface area contributed by atoms with Gasteiger partial charge in [0, 0.05) is 0 Å². The molecule has 0 aromatic carbocycles. The molecule has 0 fully saturated rings. The van der Waals surface area contributed by atoms with Crippen LogP contribution in [0.5, 0.6) is 0 Å². The second-order valence-corrected chi connectivity index (χ2v) is 1.51. The predicted octanol–water partition coefficient (Wildman–Crippen LogP) is -3.79. The number of primary amides is 1. The van der Waals surface area contributed by atoms with Crippen molar-refractivity contribution in [2.45, 2.75) is 0 Å². The highest BCUT2D eigenvalue weighted by molar-refractivity contribution is 6.30. The maximum absolute atomic E-state index is 9.99. The average Bonchev–Trinajstić information content (AvgIpc) is 1.87. The number of rotatable bonds is 2. The van der Waals surface area contributed by atoms with Crippen molar-refractivity contribution < 1.29 is 30.1 Å². The fraction of sp³-hybridized carbons (Fsp3) is 0.667. The molecule has 0 unspecified atom stereocenters. The minimum Gasteiger partial charge on any atom is -0.402 e. The van der Waals surface area contributed by atoms with E-state index in [0.717, 1.165) is 0 Å². The van der Waals surface area contributed by atoms with E-state index in [4.69, 9.17) is 25.3 Å². The lowest BCUT2D eigenvalue weighted by Gasteiger charge is -2.11. The SMILES string of the molecule is NC(=O)N(CO)CO.OB(O)O. The van der Waals surface area contributed by atoms with Gasteiger partial charge in [-0.25, -0.2) is 4.79 Å². The molecule has 12 heavy (non-hydrogen) atoms. The molecule has 0 radical (unpaired) electrons. The minimum atomic E-state index is -2.17. The van der Waals surface area contributed by atoms with E-state index in [9.17, 15) is 4.79 Å². The van der Waals surface area contributed by atoms with Gasteiger partial charge in [0.1, 0.15) is 13.5 Å². The molecule has 0 heterocycles. The van der Waals surface area contributed by atoms with E-state index in [-0.39, 0.29) is 0 Å². The number of carbonyl (C=O) groups is 1. The largest absolute Gasteiger partial charge is 0.631 e. The quantitative estimate of drug-likeness (QED) is 0.190. The average molecular weight is 182 g/mol. The topological polar surface area (TPSA) is 147 Å². The molecule has 0 aromatic rings. The van der Waals surface area contributed by atoms with Gasteiger partial charge in [0.2, 0.25) is 0 Å². The molecule has 0 spiro atoms. The first-order valence-corrected chi connectivity index (χ1v) is 2.76. The van der Waals surface area contributed by atoms with Crippen LogP contribution in [0.2, 0.25) is 0 Å². The number of urea groups is 1. The second kappa shape index (κ2) is 8.23. The Labute approximate surface area is 68.6 Å². The molecule has 0 aromatic heterocycles. The van der Waals surface area contributed by atoms with Crippen LogP contribution in [0.1, 0.15) is 0 Å². The first-order chi connectivity index (χ1) is 5.45. The maximum atomic E-state index is 9.99. The van der Waals surface area contributed by atoms with E-state index in [1.165, 1.54) is 0 Å². The van der Waals surface area contributed by atoms with Gasteiger partial charge in [-0.3, -0.25) is 4.90 Å². The van der Waals surface area contributed by atoms with E-state index in [2.05, 4.69) is 5.73 Å². The summed E-state index contributed by atoms with van der Waals surface area (Å²) in [6, 6.07) is -0.838. The summed E-state index contributed by atoms with van der Waals surface area (Å²) in [5, 5.41) is 37.8. The van der Waals surface area contributed by atoms with Crippen LogP contribution in [0.25, 0.3) is 0 Å². The van der Waals surface area contributed by atoms with Crippen molar-refractivity contribution in [2.75, 3.05) is 13.5 Å². The Balaban J connectivity index is 0. The fourth-order valence-corrected chi connectivity index (χ4v) is 0.184. The van der Waals surface area contributed by atoms with Crippen LogP contribution in [-0.4, -0.2) is 57.0 Å². The van der Waals surface area contributed by atoms with Crippen LogP contribution < -0.4 is 5.73 Å². The molecule has 9 heteroatoms. The Morgan fingerprint density at radius 1 is 1.25 bits per heavy atom. The number of amides is 2. The highest BCUT2D eigenvalue weighted by Crippen LogP contribution is 1.78. The van der Waals surface area contributed by atoms with Gasteiger partial charge in [-0.1, -0.05) is 0 Å². The summed E-state index contributed by atoms with van der Waals surface area (Å²) in [6.07, 6.45) is 0. The molecule has 0 bridgehead atoms. The number of hydrogen-bond acceptors (Lipinski definition) is 6. The zero-order valence-electron chi connectivity index (χ0n) is 6.16. The number of nitrogens with zero attached hydrogens (tertiary/aromatic N) is 1. The number of hydrogen-bond donors (Lipinski definition) is 6. The molecule has 0 aliphatic carbocycles. The van der Waals surface area contributed by atoms with Crippen LogP contribution in [0.4, 0.5) is 4.79 Å². The monoisotopic (exact) mass is 182 g/mol. The molecule has 0 saturated carbocycles. The van der Waals surface area contributed by atoms with Crippen molar-refractivity contribution in [3.8, 4) is 0 Å². The van der Waals surface area contributed by atoms with Gasteiger partial charge < -0.3 is 31.0 Å². The Morgan fingerprint density at radius 3 is 1.50 bits per heavy atom. The number of aliphatic hydroxyl groups is 2. The van der Waals surface area contributed by atoms with Gasteiger partial charge in [-0.15, -0.1) is 0 Å². The first kappa shape index (κ1) is 13.7. The summed E-state index contributed by atoms with van der Waals surface area (Å²) in [5.74, 6) is 0. The van der Waals surface area contributed by atoms with Gasteiger partial charge >= 0.3 is 13.4 Å². The molecule has 0 rings (SSSR count). The molecule has 0 saturated heterocycles. The lowest BCUT2D eigenvalue weighted by molar-refractivity contribution is 0.0608. The zero-order chi connectivity index (χ0) is 10.1. The Kier molecular flexibility index (Phi) is 9.40. The van der Waals surface area contributed by atoms with Crippen LogP contribution in [0.3, 0.4) is 0 Å². The Morgan fingerprint density at radius 2 is 1.50 bits per heavy atom. The molecular formula is C3H11BN2O6. The third kappa shape index (κ3) is 11.9. The molecule has 8 nitrogen and oxygen atoms in total. The second-order valence-electron chi connectivity index (χ2n) is 1.51. The van der Waals surface area contributed by atoms with Crippen LogP contribution >= 0.6 is 0 Å². The third-order valence-electron chi connectivity index (χ3n) is 0.653. The van der Waals surface area contributed by atoms with E-state index < -0.39 is 26.8 Å². The maximum Gasteiger partial charge on any atom is 0.631 e. The van der Waals surface area contributed by atoms with Crippen molar-refractivity contribution in [2.24, 2.45) is 5.73 Å². The molecule has 72 valence electrons. The normalized spacial score (nSPS) is 8.08. The van der Waals surface area contributed by atoms with Gasteiger partial charge in [-0.05, 0) is 0 Å². The van der Waals surface area contributed by atoms with Gasteiger partial charge in [-0.2, -0.15) is 0 Å². The van der Waals surface area contributed by atoms with Crippen molar-refractivity contribution >= 4 is 13.4 Å². The van der Waals surface area contributed by atoms with E-state index in [1.807, 2.05) is 0 Å². The number of carbonyl (C=O) groups excluding carboxylic acids is 1. The van der Waals surface area contributed by atoms with Crippen molar-refractivity contribution in [3.63, 3.8) is 0 Å². The molecule has 0 atom stereocenters. The smallest absolute Gasteiger partial charge is 0.402 e. The number of aliphatic hydroxyl groups excluding tert-OH is 2. The molecule has 0 aliphatic heterocycles. The number of nitrogens with two attached hydrogens (primary N) is 1. The third-order valence-corrected chi connectivity index (χ3v) is 0.653. The van der Waals surface area contributed by atoms with Gasteiger partial charge in [0.15, 0.2) is 0 Å². The van der Waals surface area contributed by atoms with E-state index in [1.54, 1.807) is 0 Å². The summed E-state index contributed by atoms with van der Waals surface area (Å²) >= 11 is 0. The molecule has 0 aliphatic rings. The summed E-state index contributed by atoms with van der Waals surface area (Å²) < 4.78 is 0. The minimum absolute atomic E-state index is 0.550. The van der Waals surface area contributed by atoms with Gasteiger partial charge in [0.25, 0.3) is 0 Å². The highest BCUT2D eigenvalue weighted by Gasteiger charge is 2.02. The lowest BCUT2D eigenvalue weighted by atomic mass is 10.3. The summed E-state index contributed by atoms with van der Waals surface area (Å²) in [4.78, 5) is 10.7. The summed E-state index contributed by atoms with van der Waals surface area (Å²) in [6.45, 7) is -1.10. The van der Waals surface area contributed by atoms with Crippen molar-refractivity contribution in [3.05, 3.63) is 0 Å². The van der Waals surface area contributed by atoms with Crippen LogP contribution in [0, 0.1) is 0 Å². The molecule has 7 N–H and O–H groups in total. The zero-order valence-corrected chi connectivity index (χ0v) is 6.16.